The molecule has 1 saturated carbocycles. The molecule has 1 aromatic rings. The maximum absolute atomic E-state index is 14.2. The van der Waals surface area contributed by atoms with Gasteiger partial charge in [-0.3, -0.25) is 0 Å². The van der Waals surface area contributed by atoms with Crippen molar-refractivity contribution < 1.29 is 35.8 Å². The fraction of sp³-hybridized carbons (Fsp3) is 0.600. The molecule has 134 valence electrons. The molecule has 1 N–H and O–H groups in total. The van der Waals surface area contributed by atoms with Crippen LogP contribution in [0.15, 0.2) is 17.0 Å². The van der Waals surface area contributed by atoms with E-state index in [1.807, 2.05) is 0 Å². The Balaban J connectivity index is 2.08. The number of halogens is 4. The summed E-state index contributed by atoms with van der Waals surface area (Å²) >= 11 is 0. The van der Waals surface area contributed by atoms with Crippen LogP contribution in [0.2, 0.25) is 0 Å². The predicted octanol–water partition coefficient (Wildman–Crippen LogP) is 3.05. The molecule has 0 bridgehead atoms. The second-order valence-electron chi connectivity index (χ2n) is 6.66. The lowest BCUT2D eigenvalue weighted by atomic mass is 9.81. The van der Waals surface area contributed by atoms with E-state index in [1.165, 1.54) is 6.92 Å². The van der Waals surface area contributed by atoms with Crippen LogP contribution in [0.3, 0.4) is 0 Å². The van der Waals surface area contributed by atoms with Crippen molar-refractivity contribution in [1.82, 2.24) is 0 Å². The second kappa shape index (κ2) is 5.08. The Hall–Kier alpha value is -1.35. The minimum atomic E-state index is -4.17. The number of aliphatic hydroxyl groups excluding tert-OH is 1. The number of alkyl halides is 4. The fourth-order valence-corrected chi connectivity index (χ4v) is 4.18. The molecule has 0 amide bonds. The van der Waals surface area contributed by atoms with E-state index in [-0.39, 0.29) is 18.6 Å². The largest absolute Gasteiger partial charge is 0.490 e. The number of rotatable bonds is 3. The van der Waals surface area contributed by atoms with Crippen molar-refractivity contribution >= 4 is 9.84 Å². The standard InChI is InChI=1S/C15H16F4O4S/c1-14(17)5-7(6-14)23-8-3-4-9(24(2,21)22)11-10(8)12(16)15(18,19)13(11)20/h3-4,7,12-13,20H,5-6H2,1-2H3/t7-,12-,13+,14+/m1/s1. The predicted molar refractivity (Wildman–Crippen MR) is 76.5 cm³/mol. The van der Waals surface area contributed by atoms with E-state index in [4.69, 9.17) is 4.74 Å². The highest BCUT2D eigenvalue weighted by Gasteiger charge is 2.59. The van der Waals surface area contributed by atoms with Gasteiger partial charge in [0, 0.05) is 30.2 Å². The first kappa shape index (κ1) is 17.5. The molecule has 0 unspecified atom stereocenters. The van der Waals surface area contributed by atoms with E-state index in [1.54, 1.807) is 0 Å². The molecule has 0 aromatic heterocycles. The Morgan fingerprint density at radius 1 is 1.21 bits per heavy atom. The summed E-state index contributed by atoms with van der Waals surface area (Å²) in [4.78, 5) is -0.568. The van der Waals surface area contributed by atoms with Crippen LogP contribution in [0, 0.1) is 0 Å². The zero-order valence-electron chi connectivity index (χ0n) is 12.9. The smallest absolute Gasteiger partial charge is 0.312 e. The van der Waals surface area contributed by atoms with Gasteiger partial charge in [0.1, 0.15) is 23.6 Å². The molecular weight excluding hydrogens is 352 g/mol. The van der Waals surface area contributed by atoms with Crippen molar-refractivity contribution in [2.45, 2.75) is 54.6 Å². The van der Waals surface area contributed by atoms with Gasteiger partial charge in [-0.15, -0.1) is 0 Å². The van der Waals surface area contributed by atoms with E-state index in [0.29, 0.717) is 0 Å². The van der Waals surface area contributed by atoms with Gasteiger partial charge in [-0.1, -0.05) is 0 Å². The molecular formula is C15H16F4O4S. The molecule has 0 aliphatic heterocycles. The monoisotopic (exact) mass is 368 g/mol. The van der Waals surface area contributed by atoms with E-state index in [2.05, 4.69) is 0 Å². The number of fused-ring (bicyclic) bond motifs is 1. The molecule has 2 aliphatic carbocycles. The number of aliphatic hydroxyl groups is 1. The summed E-state index contributed by atoms with van der Waals surface area (Å²) in [5.41, 5.74) is -2.79. The van der Waals surface area contributed by atoms with Gasteiger partial charge in [0.2, 0.25) is 0 Å². The second-order valence-corrected chi connectivity index (χ2v) is 8.65. The molecule has 1 fully saturated rings. The third-order valence-electron chi connectivity index (χ3n) is 4.44. The van der Waals surface area contributed by atoms with Crippen LogP contribution < -0.4 is 4.74 Å². The number of ether oxygens (including phenoxy) is 1. The van der Waals surface area contributed by atoms with Gasteiger partial charge in [-0.25, -0.2) is 17.2 Å². The molecule has 9 heteroatoms. The lowest BCUT2D eigenvalue weighted by Gasteiger charge is -2.38. The summed E-state index contributed by atoms with van der Waals surface area (Å²) in [5.74, 6) is -4.46. The molecule has 3 rings (SSSR count). The van der Waals surface area contributed by atoms with Crippen LogP contribution in [-0.2, 0) is 9.84 Å². The van der Waals surface area contributed by atoms with Crippen LogP contribution in [0.1, 0.15) is 43.2 Å². The first-order valence-electron chi connectivity index (χ1n) is 7.27. The molecule has 2 atom stereocenters. The summed E-state index contributed by atoms with van der Waals surface area (Å²) in [6.45, 7) is 1.36. The maximum atomic E-state index is 14.2. The summed E-state index contributed by atoms with van der Waals surface area (Å²) in [7, 11) is -3.97. The van der Waals surface area contributed by atoms with Crippen LogP contribution >= 0.6 is 0 Å². The molecule has 0 radical (unpaired) electrons. The fourth-order valence-electron chi connectivity index (χ4n) is 3.24. The third kappa shape index (κ3) is 2.57. The topological polar surface area (TPSA) is 63.6 Å². The zero-order chi connectivity index (χ0) is 18.1. The van der Waals surface area contributed by atoms with Gasteiger partial charge in [0.05, 0.1) is 4.90 Å². The van der Waals surface area contributed by atoms with Gasteiger partial charge in [0.25, 0.3) is 0 Å². The van der Waals surface area contributed by atoms with Crippen molar-refractivity contribution in [2.75, 3.05) is 6.26 Å². The van der Waals surface area contributed by atoms with Crippen molar-refractivity contribution in [1.29, 1.82) is 0 Å². The van der Waals surface area contributed by atoms with Gasteiger partial charge in [-0.05, 0) is 19.1 Å². The van der Waals surface area contributed by atoms with Crippen molar-refractivity contribution in [3.63, 3.8) is 0 Å². The highest BCUT2D eigenvalue weighted by Crippen LogP contribution is 2.57. The van der Waals surface area contributed by atoms with Crippen LogP contribution in [0.4, 0.5) is 17.6 Å². The van der Waals surface area contributed by atoms with Crippen molar-refractivity contribution in [2.24, 2.45) is 0 Å². The van der Waals surface area contributed by atoms with Crippen LogP contribution in [0.5, 0.6) is 5.75 Å². The third-order valence-corrected chi connectivity index (χ3v) is 5.59. The number of hydrogen-bond donors (Lipinski definition) is 1. The van der Waals surface area contributed by atoms with Gasteiger partial charge in [0.15, 0.2) is 16.0 Å². The molecule has 24 heavy (non-hydrogen) atoms. The Morgan fingerprint density at radius 2 is 1.79 bits per heavy atom. The minimum absolute atomic E-state index is 0.0193. The van der Waals surface area contributed by atoms with E-state index < -0.39 is 55.8 Å². The molecule has 0 spiro atoms. The number of hydrogen-bond acceptors (Lipinski definition) is 4. The van der Waals surface area contributed by atoms with Crippen molar-refractivity contribution in [3.05, 3.63) is 23.3 Å². The highest BCUT2D eigenvalue weighted by atomic mass is 32.2. The van der Waals surface area contributed by atoms with E-state index in [0.717, 1.165) is 18.4 Å². The maximum Gasteiger partial charge on any atom is 0.312 e. The molecule has 4 nitrogen and oxygen atoms in total. The van der Waals surface area contributed by atoms with Crippen LogP contribution in [-0.4, -0.2) is 37.5 Å². The zero-order valence-corrected chi connectivity index (χ0v) is 13.7. The number of benzene rings is 1. The van der Waals surface area contributed by atoms with Crippen LogP contribution in [0.25, 0.3) is 0 Å². The SMILES string of the molecule is CS(=O)(=O)c1ccc(O[C@H]2C[C@@](C)(F)C2)c2c1[C@H](O)C(F)(F)[C@@H]2F. The molecule has 2 aliphatic rings. The van der Waals surface area contributed by atoms with Gasteiger partial charge >= 0.3 is 5.92 Å². The summed E-state index contributed by atoms with van der Waals surface area (Å²) < 4.78 is 84.5. The highest BCUT2D eigenvalue weighted by molar-refractivity contribution is 7.90. The summed E-state index contributed by atoms with van der Waals surface area (Å²) in [6, 6.07) is 2.07. The molecule has 0 saturated heterocycles. The Bertz CT molecular complexity index is 783. The minimum Gasteiger partial charge on any atom is -0.490 e. The van der Waals surface area contributed by atoms with E-state index >= 15 is 0 Å². The quantitative estimate of drug-likeness (QED) is 0.833. The number of sulfone groups is 1. The Kier molecular flexibility index (Phi) is 3.69. The average molecular weight is 368 g/mol. The first-order chi connectivity index (χ1) is 10.8. The Morgan fingerprint density at radius 3 is 2.29 bits per heavy atom. The summed E-state index contributed by atoms with van der Waals surface area (Å²) in [6.07, 6.45) is -5.30. The molecule has 1 aromatic carbocycles. The lowest BCUT2D eigenvalue weighted by Crippen LogP contribution is -2.44. The summed E-state index contributed by atoms with van der Waals surface area (Å²) in [5, 5.41) is 9.77. The van der Waals surface area contributed by atoms with E-state index in [9.17, 15) is 31.1 Å². The van der Waals surface area contributed by atoms with Crippen molar-refractivity contribution in [3.8, 4) is 5.75 Å². The Labute approximate surface area is 136 Å². The molecule has 0 heterocycles. The lowest BCUT2D eigenvalue weighted by molar-refractivity contribution is -0.144. The average Bonchev–Trinajstić information content (AvgIpc) is 2.58. The first-order valence-corrected chi connectivity index (χ1v) is 9.16. The van der Waals surface area contributed by atoms with Gasteiger partial charge in [-0.2, -0.15) is 8.78 Å². The van der Waals surface area contributed by atoms with Gasteiger partial charge < -0.3 is 9.84 Å². The normalized spacial score (nSPS) is 34.5.